The Bertz CT molecular complexity index is 964. The number of carbonyl (C=O) groups excluding carboxylic acids is 1. The summed E-state index contributed by atoms with van der Waals surface area (Å²) in [5, 5.41) is 7.28. The number of aromatic nitrogens is 2. The highest BCUT2D eigenvalue weighted by Crippen LogP contribution is 2.20. The first-order valence-corrected chi connectivity index (χ1v) is 8.44. The fourth-order valence-electron chi connectivity index (χ4n) is 2.98. The second-order valence-corrected chi connectivity index (χ2v) is 6.33. The average molecular weight is 344 g/mol. The van der Waals surface area contributed by atoms with E-state index in [-0.39, 0.29) is 0 Å². The molecule has 5 nitrogen and oxygen atoms in total. The number of amides is 1. The van der Waals surface area contributed by atoms with Gasteiger partial charge in [-0.05, 0) is 25.3 Å². The fourth-order valence-corrected chi connectivity index (χ4v) is 2.98. The standard InChI is InChI=1S/C21H20N4O/c1-14-6-8-15(9-7-14)10-11-18-20(21(22)26)19(25-24-18)13-16-4-3-5-17(12-16)23-2/h3-9,12H,10-11,13H2,1H3,(H2,22,26)(H,24,25). The minimum absolute atomic E-state index is 0.463. The summed E-state index contributed by atoms with van der Waals surface area (Å²) >= 11 is 0. The van der Waals surface area contributed by atoms with E-state index in [4.69, 9.17) is 12.3 Å². The lowest BCUT2D eigenvalue weighted by molar-refractivity contribution is 0.0998. The van der Waals surface area contributed by atoms with Crippen LogP contribution in [0.2, 0.25) is 0 Å². The number of aromatic amines is 1. The molecule has 0 aliphatic carbocycles. The molecule has 0 spiro atoms. The van der Waals surface area contributed by atoms with E-state index < -0.39 is 5.91 Å². The van der Waals surface area contributed by atoms with Crippen LogP contribution in [0.25, 0.3) is 4.85 Å². The number of primary amides is 1. The SMILES string of the molecule is [C-]#[N+]c1cccc(Cc2[nH]nc(CCc3ccc(C)cc3)c2C(N)=O)c1. The minimum Gasteiger partial charge on any atom is -0.365 e. The highest BCUT2D eigenvalue weighted by molar-refractivity contribution is 5.95. The lowest BCUT2D eigenvalue weighted by Gasteiger charge is -2.04. The first-order valence-electron chi connectivity index (χ1n) is 8.44. The summed E-state index contributed by atoms with van der Waals surface area (Å²) in [4.78, 5) is 15.4. The van der Waals surface area contributed by atoms with E-state index in [1.165, 1.54) is 11.1 Å². The summed E-state index contributed by atoms with van der Waals surface area (Å²) < 4.78 is 0. The summed E-state index contributed by atoms with van der Waals surface area (Å²) in [6.45, 7) is 9.17. The van der Waals surface area contributed by atoms with Gasteiger partial charge in [-0.25, -0.2) is 4.85 Å². The monoisotopic (exact) mass is 344 g/mol. The van der Waals surface area contributed by atoms with Crippen LogP contribution in [0.1, 0.15) is 38.4 Å². The van der Waals surface area contributed by atoms with Gasteiger partial charge in [-0.2, -0.15) is 5.10 Å². The molecule has 5 heteroatoms. The summed E-state index contributed by atoms with van der Waals surface area (Å²) in [5.41, 5.74) is 11.4. The predicted molar refractivity (Wildman–Crippen MR) is 101 cm³/mol. The maximum atomic E-state index is 12.0. The molecule has 2 aromatic carbocycles. The van der Waals surface area contributed by atoms with E-state index in [9.17, 15) is 4.79 Å². The zero-order valence-electron chi connectivity index (χ0n) is 14.6. The summed E-state index contributed by atoms with van der Waals surface area (Å²) in [7, 11) is 0. The Morgan fingerprint density at radius 3 is 2.62 bits per heavy atom. The molecule has 0 saturated heterocycles. The van der Waals surface area contributed by atoms with Crippen molar-refractivity contribution in [1.82, 2.24) is 10.2 Å². The number of rotatable bonds is 6. The predicted octanol–water partition coefficient (Wildman–Crippen LogP) is 3.74. The molecule has 0 aliphatic rings. The van der Waals surface area contributed by atoms with Gasteiger partial charge in [-0.15, -0.1) is 0 Å². The van der Waals surface area contributed by atoms with Crippen molar-refractivity contribution in [3.63, 3.8) is 0 Å². The smallest absolute Gasteiger partial charge is 0.252 e. The first-order chi connectivity index (χ1) is 12.6. The molecule has 26 heavy (non-hydrogen) atoms. The van der Waals surface area contributed by atoms with Crippen molar-refractivity contribution in [1.29, 1.82) is 0 Å². The van der Waals surface area contributed by atoms with Crippen molar-refractivity contribution in [2.24, 2.45) is 5.73 Å². The van der Waals surface area contributed by atoms with Crippen molar-refractivity contribution in [3.05, 3.63) is 93.6 Å². The number of benzene rings is 2. The topological polar surface area (TPSA) is 76.1 Å². The molecule has 0 atom stereocenters. The van der Waals surface area contributed by atoms with Crippen LogP contribution < -0.4 is 5.73 Å². The average Bonchev–Trinajstić information content (AvgIpc) is 3.04. The summed E-state index contributed by atoms with van der Waals surface area (Å²) in [5.74, 6) is -0.478. The number of nitrogens with zero attached hydrogens (tertiary/aromatic N) is 2. The fraction of sp³-hybridized carbons (Fsp3) is 0.190. The Kier molecular flexibility index (Phi) is 5.14. The van der Waals surface area contributed by atoms with Gasteiger partial charge in [-0.1, -0.05) is 59.7 Å². The lowest BCUT2D eigenvalue weighted by atomic mass is 10.0. The molecule has 3 aromatic rings. The largest absolute Gasteiger partial charge is 0.365 e. The number of nitrogens with two attached hydrogens (primary N) is 1. The molecule has 3 N–H and O–H groups in total. The molecule has 1 amide bonds. The molecule has 0 unspecified atom stereocenters. The van der Waals surface area contributed by atoms with Crippen molar-refractivity contribution >= 4 is 11.6 Å². The number of aryl methyl sites for hydroxylation is 3. The molecule has 0 aliphatic heterocycles. The zero-order valence-corrected chi connectivity index (χ0v) is 14.6. The van der Waals surface area contributed by atoms with Gasteiger partial charge in [0.25, 0.3) is 5.91 Å². The van der Waals surface area contributed by atoms with Crippen LogP contribution in [0.5, 0.6) is 0 Å². The molecule has 1 heterocycles. The molecule has 0 radical (unpaired) electrons. The molecular formula is C21H20N4O. The Morgan fingerprint density at radius 1 is 1.15 bits per heavy atom. The van der Waals surface area contributed by atoms with Crippen LogP contribution in [0.4, 0.5) is 5.69 Å². The molecule has 130 valence electrons. The van der Waals surface area contributed by atoms with Gasteiger partial charge in [0.1, 0.15) is 0 Å². The van der Waals surface area contributed by atoms with E-state index in [1.807, 2.05) is 18.2 Å². The van der Waals surface area contributed by atoms with Crippen LogP contribution in [0, 0.1) is 13.5 Å². The molecule has 1 aromatic heterocycles. The number of nitrogens with one attached hydrogen (secondary N) is 1. The van der Waals surface area contributed by atoms with Gasteiger partial charge < -0.3 is 5.73 Å². The maximum absolute atomic E-state index is 12.0. The molecular weight excluding hydrogens is 324 g/mol. The van der Waals surface area contributed by atoms with E-state index in [2.05, 4.69) is 46.2 Å². The van der Waals surface area contributed by atoms with Crippen molar-refractivity contribution in [2.75, 3.05) is 0 Å². The number of hydrogen-bond donors (Lipinski definition) is 2. The summed E-state index contributed by atoms with van der Waals surface area (Å²) in [6, 6.07) is 15.6. The van der Waals surface area contributed by atoms with Gasteiger partial charge in [0.05, 0.1) is 23.5 Å². The number of H-pyrrole nitrogens is 1. The molecule has 0 saturated carbocycles. The van der Waals surface area contributed by atoms with Crippen LogP contribution in [0.3, 0.4) is 0 Å². The third-order valence-electron chi connectivity index (χ3n) is 4.35. The van der Waals surface area contributed by atoms with Crippen molar-refractivity contribution < 1.29 is 4.79 Å². The molecule has 0 fully saturated rings. The van der Waals surface area contributed by atoms with Crippen LogP contribution in [-0.4, -0.2) is 16.1 Å². The normalized spacial score (nSPS) is 10.5. The van der Waals surface area contributed by atoms with E-state index >= 15 is 0 Å². The third kappa shape index (κ3) is 3.98. The maximum Gasteiger partial charge on any atom is 0.252 e. The van der Waals surface area contributed by atoms with Crippen molar-refractivity contribution in [3.8, 4) is 0 Å². The van der Waals surface area contributed by atoms with Gasteiger partial charge >= 0.3 is 0 Å². The van der Waals surface area contributed by atoms with Crippen LogP contribution >= 0.6 is 0 Å². The lowest BCUT2D eigenvalue weighted by Crippen LogP contribution is -2.15. The second-order valence-electron chi connectivity index (χ2n) is 6.33. The zero-order chi connectivity index (χ0) is 18.5. The van der Waals surface area contributed by atoms with E-state index in [0.717, 1.165) is 12.0 Å². The Morgan fingerprint density at radius 2 is 1.92 bits per heavy atom. The van der Waals surface area contributed by atoms with E-state index in [1.54, 1.807) is 6.07 Å². The minimum atomic E-state index is -0.478. The van der Waals surface area contributed by atoms with Crippen molar-refractivity contribution in [2.45, 2.75) is 26.2 Å². The highest BCUT2D eigenvalue weighted by atomic mass is 16.1. The third-order valence-corrected chi connectivity index (χ3v) is 4.35. The quantitative estimate of drug-likeness (QED) is 0.668. The second kappa shape index (κ2) is 7.66. The number of hydrogen-bond acceptors (Lipinski definition) is 2. The highest BCUT2D eigenvalue weighted by Gasteiger charge is 2.18. The first kappa shape index (κ1) is 17.4. The Balaban J connectivity index is 1.80. The summed E-state index contributed by atoms with van der Waals surface area (Å²) in [6.07, 6.45) is 1.91. The van der Waals surface area contributed by atoms with Crippen LogP contribution in [-0.2, 0) is 19.3 Å². The van der Waals surface area contributed by atoms with E-state index in [0.29, 0.717) is 35.5 Å². The van der Waals surface area contributed by atoms with Gasteiger partial charge in [0.2, 0.25) is 0 Å². The molecule has 3 rings (SSSR count). The Labute approximate surface area is 152 Å². The van der Waals surface area contributed by atoms with Gasteiger partial charge in [0, 0.05) is 6.42 Å². The van der Waals surface area contributed by atoms with Gasteiger partial charge in [0.15, 0.2) is 5.69 Å². The molecule has 0 bridgehead atoms. The number of carbonyl (C=O) groups is 1. The van der Waals surface area contributed by atoms with Crippen LogP contribution in [0.15, 0.2) is 48.5 Å². The van der Waals surface area contributed by atoms with Gasteiger partial charge in [-0.3, -0.25) is 9.89 Å². The Hall–Kier alpha value is -3.39.